The van der Waals surface area contributed by atoms with Gasteiger partial charge < -0.3 is 39.1 Å². The van der Waals surface area contributed by atoms with E-state index in [1.165, 1.54) is 66.6 Å². The number of rotatable bonds is 4. The Kier molecular flexibility index (Phi) is 15.5. The molecule has 16 heteroatoms. The first-order valence-corrected chi connectivity index (χ1v) is 26.2. The fraction of sp³-hybridized carbons (Fsp3) is 0.419. The molecule has 0 aliphatic carbocycles. The second-order valence-electron chi connectivity index (χ2n) is 22.6. The van der Waals surface area contributed by atoms with Crippen LogP contribution in [0.2, 0.25) is 0 Å². The molecule has 6 aliphatic rings. The van der Waals surface area contributed by atoms with Gasteiger partial charge in [0.2, 0.25) is 10.7 Å². The lowest BCUT2D eigenvalue weighted by Gasteiger charge is -2.43. The van der Waals surface area contributed by atoms with Crippen molar-refractivity contribution < 1.29 is 55.6 Å². The van der Waals surface area contributed by atoms with Crippen molar-refractivity contribution in [3.63, 3.8) is 0 Å². The molecule has 0 spiro atoms. The number of likely N-dealkylation sites (N-methyl/N-ethyl adjacent to an activating group) is 4. The van der Waals surface area contributed by atoms with Gasteiger partial charge in [0, 0.05) is 108 Å². The molecule has 4 aromatic carbocycles. The largest absolute Gasteiger partial charge is 0.542 e. The molecule has 78 heavy (non-hydrogen) atoms. The van der Waals surface area contributed by atoms with Gasteiger partial charge in [0.1, 0.15) is 48.0 Å². The highest BCUT2D eigenvalue weighted by atomic mass is 19.4. The lowest BCUT2D eigenvalue weighted by molar-refractivity contribution is -0.344. The molecular weight excluding hydrogens is 1010 g/mol. The number of carboxylic acids is 2. The summed E-state index contributed by atoms with van der Waals surface area (Å²) in [5.74, 6) is -2.22. The van der Waals surface area contributed by atoms with Crippen molar-refractivity contribution in [2.75, 3.05) is 36.0 Å². The van der Waals surface area contributed by atoms with Crippen LogP contribution in [0, 0.1) is 0 Å². The average Bonchev–Trinajstić information content (AvgIpc) is 3.53. The zero-order valence-electron chi connectivity index (χ0n) is 47.4. The molecular formula is C62H70F6N4O6. The lowest BCUT2D eigenvalue weighted by atomic mass is 9.87. The van der Waals surface area contributed by atoms with Crippen LogP contribution in [0.1, 0.15) is 144 Å². The van der Waals surface area contributed by atoms with Crippen molar-refractivity contribution >= 4 is 57.8 Å². The molecule has 4 aromatic rings. The van der Waals surface area contributed by atoms with Crippen molar-refractivity contribution in [3.05, 3.63) is 127 Å². The molecule has 10 nitrogen and oxygen atoms in total. The van der Waals surface area contributed by atoms with Crippen LogP contribution in [0.5, 0.6) is 23.0 Å². The van der Waals surface area contributed by atoms with Gasteiger partial charge in [-0.25, -0.2) is 9.15 Å². The van der Waals surface area contributed by atoms with Crippen LogP contribution in [-0.4, -0.2) is 72.6 Å². The first-order valence-electron chi connectivity index (χ1n) is 26.2. The summed E-state index contributed by atoms with van der Waals surface area (Å²) in [7, 11) is 0. The van der Waals surface area contributed by atoms with Crippen LogP contribution < -0.4 is 59.8 Å². The summed E-state index contributed by atoms with van der Waals surface area (Å²) in [6.45, 7) is 39.9. The second kappa shape index (κ2) is 20.6. The Morgan fingerprint density at radius 2 is 0.795 bits per heavy atom. The lowest BCUT2D eigenvalue weighted by Crippen LogP contribution is -2.49. The topological polar surface area (TPSA) is 111 Å². The Labute approximate surface area is 452 Å². The maximum Gasteiger partial charge on any atom is 0.430 e. The van der Waals surface area contributed by atoms with E-state index in [-0.39, 0.29) is 22.2 Å². The summed E-state index contributed by atoms with van der Waals surface area (Å²) >= 11 is 0. The number of ether oxygens (including phenoxy) is 2. The van der Waals surface area contributed by atoms with Crippen LogP contribution in [-0.2, 0) is 9.59 Å². The summed E-state index contributed by atoms with van der Waals surface area (Å²) in [5.41, 5.74) is 15.4. The molecule has 0 fully saturated rings. The number of carboxylic acid groups (broad SMARTS) is 2. The van der Waals surface area contributed by atoms with E-state index in [1.54, 1.807) is 0 Å². The number of fused-ring (bicyclic) bond motifs is 8. The molecule has 0 bridgehead atoms. The number of aliphatic carboxylic acids is 2. The van der Waals surface area contributed by atoms with Gasteiger partial charge >= 0.3 is 12.4 Å². The van der Waals surface area contributed by atoms with E-state index in [0.717, 1.165) is 70.7 Å². The minimum atomic E-state index is -5.19. The van der Waals surface area contributed by atoms with E-state index in [4.69, 9.17) is 29.3 Å². The minimum Gasteiger partial charge on any atom is -0.542 e. The molecule has 6 aliphatic heterocycles. The van der Waals surface area contributed by atoms with Gasteiger partial charge in [-0.05, 0) is 154 Å². The fourth-order valence-corrected chi connectivity index (χ4v) is 12.2. The number of halogens is 6. The number of alkyl halides is 6. The number of anilines is 2. The van der Waals surface area contributed by atoms with Crippen LogP contribution in [0.15, 0.2) is 72.8 Å². The fourth-order valence-electron chi connectivity index (χ4n) is 12.2. The second-order valence-corrected chi connectivity index (χ2v) is 22.6. The van der Waals surface area contributed by atoms with E-state index < -0.39 is 24.3 Å². The van der Waals surface area contributed by atoms with Gasteiger partial charge in [-0.3, -0.25) is 0 Å². The van der Waals surface area contributed by atoms with E-state index in [2.05, 4.69) is 215 Å². The van der Waals surface area contributed by atoms with Crippen LogP contribution >= 0.6 is 0 Å². The highest BCUT2D eigenvalue weighted by molar-refractivity contribution is 5.87. The summed E-state index contributed by atoms with van der Waals surface area (Å²) < 4.78 is 81.2. The number of allylic oxidation sites excluding steroid dienone is 4. The predicted octanol–water partition coefficient (Wildman–Crippen LogP) is 9.30. The normalized spacial score (nSPS) is 18.0. The smallest absolute Gasteiger partial charge is 0.430 e. The van der Waals surface area contributed by atoms with Gasteiger partial charge in [-0.15, -0.1) is 0 Å². The summed E-state index contributed by atoms with van der Waals surface area (Å²) in [5, 5.41) is 22.4. The number of nitrogens with zero attached hydrogens (tertiary/aromatic N) is 4. The average molecular weight is 1080 g/mol. The van der Waals surface area contributed by atoms with Gasteiger partial charge in [0.15, 0.2) is 11.1 Å². The van der Waals surface area contributed by atoms with Crippen molar-refractivity contribution in [1.29, 1.82) is 0 Å². The zero-order chi connectivity index (χ0) is 58.2. The summed E-state index contributed by atoms with van der Waals surface area (Å²) in [4.78, 5) is 22.5. The Bertz CT molecular complexity index is 3330. The van der Waals surface area contributed by atoms with Crippen LogP contribution in [0.4, 0.5) is 37.7 Å². The quantitative estimate of drug-likeness (QED) is 0.127. The zero-order valence-corrected chi connectivity index (χ0v) is 47.4. The third kappa shape index (κ3) is 11.1. The Morgan fingerprint density at radius 3 is 1.08 bits per heavy atom. The van der Waals surface area contributed by atoms with E-state index >= 15 is 0 Å². The molecule has 10 rings (SSSR count). The first-order chi connectivity index (χ1) is 36.0. The molecule has 6 heterocycles. The van der Waals surface area contributed by atoms with E-state index in [9.17, 15) is 26.3 Å². The van der Waals surface area contributed by atoms with Gasteiger partial charge in [0.25, 0.3) is 0 Å². The van der Waals surface area contributed by atoms with Crippen molar-refractivity contribution in [2.24, 2.45) is 0 Å². The highest BCUT2D eigenvalue weighted by Gasteiger charge is 2.37. The predicted molar refractivity (Wildman–Crippen MR) is 294 cm³/mol. The Balaban J connectivity index is 0.000000182. The summed E-state index contributed by atoms with van der Waals surface area (Å²) in [6, 6.07) is 18.2. The minimum absolute atomic E-state index is 0.00744. The molecule has 0 aromatic heterocycles. The van der Waals surface area contributed by atoms with Crippen molar-refractivity contribution in [1.82, 2.24) is 9.15 Å². The number of hydrogen-bond acceptors (Lipinski definition) is 8. The third-order valence-electron chi connectivity index (χ3n) is 15.2. The molecule has 0 atom stereocenters. The monoisotopic (exact) mass is 1080 g/mol. The standard InChI is InChI=1S/2C29H35N2O.2C2HF3O2/c2*1-9-30-24-14-26-20(12-22(24)18(3)16-28(30,5)6)11-21-13-23-19(4)17-29(7,8)31(10-2)25(23)15-27(21)32-26;2*3-2(4,5)1(6)7/h2*11-17H,9-10H2,1-8H3;2*(H,6,7)/q2*+1;;/p-2. The van der Waals surface area contributed by atoms with Crippen molar-refractivity contribution in [2.45, 2.75) is 145 Å². The maximum absolute atomic E-state index is 10.5. The molecule has 0 N–H and O–H groups in total. The number of carbonyl (C=O) groups excluding carboxylic acids is 2. The number of benzene rings is 4. The van der Waals surface area contributed by atoms with Crippen molar-refractivity contribution in [3.8, 4) is 23.0 Å². The molecule has 0 saturated heterocycles. The van der Waals surface area contributed by atoms with E-state index in [1.807, 2.05) is 0 Å². The van der Waals surface area contributed by atoms with Crippen LogP contribution in [0.3, 0.4) is 0 Å². The number of hydrogen-bond donors (Lipinski definition) is 0. The van der Waals surface area contributed by atoms with Gasteiger partial charge in [-0.1, -0.05) is 12.2 Å². The molecule has 416 valence electrons. The highest BCUT2D eigenvalue weighted by Crippen LogP contribution is 2.45. The Hall–Kier alpha value is -7.10. The summed E-state index contributed by atoms with van der Waals surface area (Å²) in [6.07, 6.45) is 3.73. The number of carbonyl (C=O) groups is 2. The molecule has 0 amide bonds. The third-order valence-corrected chi connectivity index (χ3v) is 15.2. The van der Waals surface area contributed by atoms with Gasteiger partial charge in [0.05, 0.1) is 23.2 Å². The van der Waals surface area contributed by atoms with Gasteiger partial charge in [-0.2, -0.15) is 26.3 Å². The molecule has 0 unspecified atom stereocenters. The Morgan fingerprint density at radius 1 is 0.487 bits per heavy atom. The SMILES string of the molecule is CCN1c2cc3c(cc2C(C)=CC1(C)C)C=c1cc2c(cc1O3)=[N+](CC)C(C)(C)C=C2C.CCN1c2cc3c(cc2C(C)=CC1(C)C)C=c1cc2c(cc1O3)=[N+](CC)C(C)(C)C=C2C.O=C([O-])C(F)(F)F.O=C([O-])C(F)(F)F. The first kappa shape index (κ1) is 58.6. The maximum atomic E-state index is 10.5. The molecule has 0 saturated carbocycles. The van der Waals surface area contributed by atoms with E-state index in [0.29, 0.717) is 0 Å². The molecule has 0 radical (unpaired) electrons. The van der Waals surface area contributed by atoms with Crippen LogP contribution in [0.25, 0.3) is 34.4 Å².